The van der Waals surface area contributed by atoms with E-state index in [0.717, 1.165) is 0 Å². The van der Waals surface area contributed by atoms with E-state index in [1.165, 1.54) is 43.5 Å². The van der Waals surface area contributed by atoms with Crippen molar-refractivity contribution in [1.29, 1.82) is 0 Å². The lowest BCUT2D eigenvalue weighted by Gasteiger charge is -2.13. The van der Waals surface area contributed by atoms with E-state index in [9.17, 15) is 14.0 Å². The Hall–Kier alpha value is -2.47. The Bertz CT molecular complexity index is 689. The highest BCUT2D eigenvalue weighted by Crippen LogP contribution is 2.10. The van der Waals surface area contributed by atoms with Gasteiger partial charge in [0.1, 0.15) is 11.6 Å². The standard InChI is InChI=1S/C16H14ClFN2O3/c1-10(16(22)20-14-7-4-12(17)9-19-14)23-15(21)8-11-2-5-13(18)6-3-11/h2-7,9-10H,8H2,1H3,(H,19,20,22)/t10-/m0/s1. The summed E-state index contributed by atoms with van der Waals surface area (Å²) in [4.78, 5) is 27.6. The van der Waals surface area contributed by atoms with Gasteiger partial charge in [-0.05, 0) is 36.8 Å². The Morgan fingerprint density at radius 1 is 1.26 bits per heavy atom. The number of halogens is 2. The highest BCUT2D eigenvalue weighted by Gasteiger charge is 2.18. The van der Waals surface area contributed by atoms with Gasteiger partial charge in [-0.15, -0.1) is 0 Å². The van der Waals surface area contributed by atoms with Crippen molar-refractivity contribution in [3.8, 4) is 0 Å². The third-order valence-electron chi connectivity index (χ3n) is 2.92. The van der Waals surface area contributed by atoms with Crippen LogP contribution in [0.25, 0.3) is 0 Å². The molecule has 2 aromatic rings. The molecule has 0 radical (unpaired) electrons. The number of nitrogens with one attached hydrogen (secondary N) is 1. The minimum atomic E-state index is -0.986. The number of nitrogens with zero attached hydrogens (tertiary/aromatic N) is 1. The average molecular weight is 337 g/mol. The van der Waals surface area contributed by atoms with E-state index in [2.05, 4.69) is 10.3 Å². The van der Waals surface area contributed by atoms with Crippen LogP contribution in [0.4, 0.5) is 10.2 Å². The first-order chi connectivity index (χ1) is 10.9. The molecule has 23 heavy (non-hydrogen) atoms. The third-order valence-corrected chi connectivity index (χ3v) is 3.14. The number of carbonyl (C=O) groups excluding carboxylic acids is 2. The van der Waals surface area contributed by atoms with Crippen molar-refractivity contribution in [2.75, 3.05) is 5.32 Å². The van der Waals surface area contributed by atoms with Crippen LogP contribution in [0.1, 0.15) is 12.5 Å². The average Bonchev–Trinajstić information content (AvgIpc) is 2.51. The van der Waals surface area contributed by atoms with Crippen LogP contribution in [0, 0.1) is 5.82 Å². The maximum Gasteiger partial charge on any atom is 0.311 e. The molecule has 1 aromatic carbocycles. The largest absolute Gasteiger partial charge is 0.452 e. The summed E-state index contributed by atoms with van der Waals surface area (Å²) in [5.41, 5.74) is 0.600. The van der Waals surface area contributed by atoms with Gasteiger partial charge in [0.05, 0.1) is 11.4 Å². The van der Waals surface area contributed by atoms with Gasteiger partial charge in [-0.25, -0.2) is 9.37 Å². The van der Waals surface area contributed by atoms with Crippen molar-refractivity contribution < 1.29 is 18.7 Å². The number of rotatable bonds is 5. The first-order valence-corrected chi connectivity index (χ1v) is 7.18. The molecule has 1 atom stereocenters. The smallest absolute Gasteiger partial charge is 0.311 e. The third kappa shape index (κ3) is 5.34. The first kappa shape index (κ1) is 16.9. The van der Waals surface area contributed by atoms with Gasteiger partial charge in [-0.3, -0.25) is 9.59 Å². The van der Waals surface area contributed by atoms with Crippen LogP contribution in [0.3, 0.4) is 0 Å². The number of ether oxygens (including phenoxy) is 1. The monoisotopic (exact) mass is 336 g/mol. The minimum Gasteiger partial charge on any atom is -0.452 e. The van der Waals surface area contributed by atoms with Crippen molar-refractivity contribution in [2.24, 2.45) is 0 Å². The van der Waals surface area contributed by atoms with E-state index >= 15 is 0 Å². The van der Waals surface area contributed by atoms with E-state index in [4.69, 9.17) is 16.3 Å². The molecule has 0 aliphatic heterocycles. The molecule has 1 aromatic heterocycles. The van der Waals surface area contributed by atoms with Crippen LogP contribution in [0.15, 0.2) is 42.6 Å². The minimum absolute atomic E-state index is 0.0445. The van der Waals surface area contributed by atoms with Crippen LogP contribution in [0.5, 0.6) is 0 Å². The summed E-state index contributed by atoms with van der Waals surface area (Å²) >= 11 is 5.70. The number of hydrogen-bond acceptors (Lipinski definition) is 4. The quantitative estimate of drug-likeness (QED) is 0.852. The Balaban J connectivity index is 1.86. The predicted molar refractivity (Wildman–Crippen MR) is 83.5 cm³/mol. The van der Waals surface area contributed by atoms with Gasteiger partial charge in [0.25, 0.3) is 5.91 Å². The van der Waals surface area contributed by atoms with E-state index < -0.39 is 18.0 Å². The lowest BCUT2D eigenvalue weighted by Crippen LogP contribution is -2.30. The van der Waals surface area contributed by atoms with Gasteiger partial charge in [-0.2, -0.15) is 0 Å². The molecule has 7 heteroatoms. The highest BCUT2D eigenvalue weighted by molar-refractivity contribution is 6.30. The number of esters is 1. The summed E-state index contributed by atoms with van der Waals surface area (Å²) in [7, 11) is 0. The lowest BCUT2D eigenvalue weighted by molar-refractivity contribution is -0.152. The second-order valence-corrected chi connectivity index (χ2v) is 5.22. The Morgan fingerprint density at radius 3 is 2.57 bits per heavy atom. The topological polar surface area (TPSA) is 68.3 Å². The summed E-state index contributed by atoms with van der Waals surface area (Å²) in [6, 6.07) is 8.59. The van der Waals surface area contributed by atoms with E-state index in [-0.39, 0.29) is 12.2 Å². The Labute approximate surface area is 137 Å². The molecule has 5 nitrogen and oxygen atoms in total. The molecule has 1 heterocycles. The number of amides is 1. The molecule has 0 aliphatic rings. The molecule has 0 fully saturated rings. The zero-order valence-electron chi connectivity index (χ0n) is 12.3. The fourth-order valence-electron chi connectivity index (χ4n) is 1.74. The summed E-state index contributed by atoms with van der Waals surface area (Å²) in [6.07, 6.45) is 0.361. The number of benzene rings is 1. The zero-order valence-corrected chi connectivity index (χ0v) is 13.0. The van der Waals surface area contributed by atoms with E-state index in [0.29, 0.717) is 16.4 Å². The molecule has 120 valence electrons. The van der Waals surface area contributed by atoms with Crippen molar-refractivity contribution in [1.82, 2.24) is 4.98 Å². The second kappa shape index (κ2) is 7.69. The molecule has 0 bridgehead atoms. The van der Waals surface area contributed by atoms with Gasteiger partial charge in [0.2, 0.25) is 0 Å². The highest BCUT2D eigenvalue weighted by atomic mass is 35.5. The Kier molecular flexibility index (Phi) is 5.65. The van der Waals surface area contributed by atoms with Gasteiger partial charge in [0.15, 0.2) is 6.10 Å². The number of carbonyl (C=O) groups is 2. The zero-order chi connectivity index (χ0) is 16.8. The molecule has 1 N–H and O–H groups in total. The van der Waals surface area contributed by atoms with Crippen LogP contribution >= 0.6 is 11.6 Å². The molecule has 0 aliphatic carbocycles. The SMILES string of the molecule is C[C@H](OC(=O)Cc1ccc(F)cc1)C(=O)Nc1ccc(Cl)cn1. The molecule has 0 saturated heterocycles. The van der Waals surface area contributed by atoms with Crippen molar-refractivity contribution in [3.05, 3.63) is 59.0 Å². The summed E-state index contributed by atoms with van der Waals surface area (Å²) in [5.74, 6) is -1.17. The fourth-order valence-corrected chi connectivity index (χ4v) is 1.85. The summed E-state index contributed by atoms with van der Waals surface area (Å²) < 4.78 is 17.8. The maximum absolute atomic E-state index is 12.8. The van der Waals surface area contributed by atoms with Crippen LogP contribution in [-0.2, 0) is 20.7 Å². The molecular weight excluding hydrogens is 323 g/mol. The lowest BCUT2D eigenvalue weighted by atomic mass is 10.1. The van der Waals surface area contributed by atoms with Crippen LogP contribution < -0.4 is 5.32 Å². The summed E-state index contributed by atoms with van der Waals surface area (Å²) in [6.45, 7) is 1.45. The van der Waals surface area contributed by atoms with Gasteiger partial charge in [-0.1, -0.05) is 23.7 Å². The van der Waals surface area contributed by atoms with Gasteiger partial charge in [0, 0.05) is 6.20 Å². The number of hydrogen-bond donors (Lipinski definition) is 1. The van der Waals surface area contributed by atoms with E-state index in [1.807, 2.05) is 0 Å². The number of anilines is 1. The summed E-state index contributed by atoms with van der Waals surface area (Å²) in [5, 5.41) is 2.96. The second-order valence-electron chi connectivity index (χ2n) is 4.79. The normalized spacial score (nSPS) is 11.6. The van der Waals surface area contributed by atoms with Crippen LogP contribution in [-0.4, -0.2) is 23.0 Å². The van der Waals surface area contributed by atoms with Crippen molar-refractivity contribution in [3.63, 3.8) is 0 Å². The first-order valence-electron chi connectivity index (χ1n) is 6.80. The Morgan fingerprint density at radius 2 is 1.96 bits per heavy atom. The van der Waals surface area contributed by atoms with Crippen molar-refractivity contribution in [2.45, 2.75) is 19.4 Å². The number of pyridine rings is 1. The molecule has 0 unspecified atom stereocenters. The molecule has 0 spiro atoms. The molecule has 0 saturated carbocycles. The van der Waals surface area contributed by atoms with Gasteiger partial charge < -0.3 is 10.1 Å². The molecule has 1 amide bonds. The van der Waals surface area contributed by atoms with Crippen molar-refractivity contribution >= 4 is 29.3 Å². The van der Waals surface area contributed by atoms with Crippen LogP contribution in [0.2, 0.25) is 5.02 Å². The van der Waals surface area contributed by atoms with E-state index in [1.54, 1.807) is 6.07 Å². The predicted octanol–water partition coefficient (Wildman–Crippen LogP) is 2.99. The fraction of sp³-hybridized carbons (Fsp3) is 0.188. The molecular formula is C16H14ClFN2O3. The number of aromatic nitrogens is 1. The molecule has 2 rings (SSSR count). The van der Waals surface area contributed by atoms with Gasteiger partial charge >= 0.3 is 5.97 Å². The maximum atomic E-state index is 12.8.